The Balaban J connectivity index is 1.79. The van der Waals surface area contributed by atoms with Gasteiger partial charge in [-0.15, -0.1) is 0 Å². The number of rotatable bonds is 4. The van der Waals surface area contributed by atoms with Crippen molar-refractivity contribution in [2.24, 2.45) is 5.73 Å². The van der Waals surface area contributed by atoms with Crippen LogP contribution in [0.4, 0.5) is 0 Å². The van der Waals surface area contributed by atoms with E-state index in [0.717, 1.165) is 32.8 Å². The summed E-state index contributed by atoms with van der Waals surface area (Å²) in [5.74, 6) is 0. The number of aromatic nitrogens is 1. The van der Waals surface area contributed by atoms with Crippen LogP contribution in [0.1, 0.15) is 12.5 Å². The minimum absolute atomic E-state index is 0.279. The molecule has 0 bridgehead atoms. The maximum atomic E-state index is 5.90. The van der Waals surface area contributed by atoms with Gasteiger partial charge in [-0.1, -0.05) is 19.1 Å². The van der Waals surface area contributed by atoms with Gasteiger partial charge in [-0.2, -0.15) is 0 Å². The van der Waals surface area contributed by atoms with Crippen LogP contribution in [0.15, 0.2) is 30.5 Å². The highest BCUT2D eigenvalue weighted by Gasteiger charge is 2.20. The Kier molecular flexibility index (Phi) is 4.05. The van der Waals surface area contributed by atoms with Gasteiger partial charge < -0.3 is 15.0 Å². The Morgan fingerprint density at radius 2 is 2.25 bits per heavy atom. The molecule has 4 nitrogen and oxygen atoms in total. The van der Waals surface area contributed by atoms with E-state index in [0.29, 0.717) is 6.54 Å². The Labute approximate surface area is 120 Å². The first-order chi connectivity index (χ1) is 9.80. The number of likely N-dealkylation sites (N-methyl/N-ethyl adjacent to an activating group) is 1. The molecular weight excluding hydrogens is 250 g/mol. The summed E-state index contributed by atoms with van der Waals surface area (Å²) in [7, 11) is 0. The molecule has 0 aliphatic carbocycles. The molecule has 0 spiro atoms. The normalized spacial score (nSPS) is 20.6. The molecule has 20 heavy (non-hydrogen) atoms. The molecule has 2 aromatic rings. The number of hydrogen-bond donors (Lipinski definition) is 1. The van der Waals surface area contributed by atoms with Crippen molar-refractivity contribution in [2.75, 3.05) is 26.2 Å². The Bertz CT molecular complexity index is 578. The molecule has 2 N–H and O–H groups in total. The van der Waals surface area contributed by atoms with Crippen LogP contribution in [-0.2, 0) is 17.8 Å². The predicted molar refractivity (Wildman–Crippen MR) is 81.7 cm³/mol. The van der Waals surface area contributed by atoms with Crippen LogP contribution in [0.5, 0.6) is 0 Å². The second-order valence-corrected chi connectivity index (χ2v) is 5.45. The Morgan fingerprint density at radius 3 is 3.05 bits per heavy atom. The zero-order valence-electron chi connectivity index (χ0n) is 12.1. The summed E-state index contributed by atoms with van der Waals surface area (Å²) in [5.41, 5.74) is 8.17. The molecule has 1 aromatic heterocycles. The van der Waals surface area contributed by atoms with E-state index in [1.54, 1.807) is 0 Å². The molecule has 1 unspecified atom stereocenters. The standard InChI is InChI=1S/C16H23N3O/c1-2-18-7-8-20-15(11-18)12-19-6-5-14-4-3-13(10-17)9-16(14)19/h3-6,9,15H,2,7-8,10-12,17H2,1H3. The van der Waals surface area contributed by atoms with E-state index in [-0.39, 0.29) is 6.10 Å². The number of ether oxygens (including phenoxy) is 1. The molecule has 0 radical (unpaired) electrons. The average molecular weight is 273 g/mol. The van der Waals surface area contributed by atoms with Gasteiger partial charge in [0.25, 0.3) is 0 Å². The first kappa shape index (κ1) is 13.6. The summed E-state index contributed by atoms with van der Waals surface area (Å²) in [6.07, 6.45) is 2.43. The lowest BCUT2D eigenvalue weighted by molar-refractivity contribution is -0.0337. The Hall–Kier alpha value is -1.36. The minimum atomic E-state index is 0.279. The van der Waals surface area contributed by atoms with Crippen molar-refractivity contribution in [3.05, 3.63) is 36.0 Å². The summed E-state index contributed by atoms with van der Waals surface area (Å²) >= 11 is 0. The fourth-order valence-corrected chi connectivity index (χ4v) is 2.91. The van der Waals surface area contributed by atoms with Crippen molar-refractivity contribution in [3.8, 4) is 0 Å². The third-order valence-electron chi connectivity index (χ3n) is 4.14. The molecule has 1 saturated heterocycles. The molecule has 1 aliphatic rings. The molecule has 1 aromatic carbocycles. The third kappa shape index (κ3) is 2.73. The highest BCUT2D eigenvalue weighted by molar-refractivity contribution is 5.80. The zero-order chi connectivity index (χ0) is 13.9. The average Bonchev–Trinajstić information content (AvgIpc) is 2.89. The lowest BCUT2D eigenvalue weighted by Crippen LogP contribution is -2.43. The van der Waals surface area contributed by atoms with E-state index in [4.69, 9.17) is 10.5 Å². The van der Waals surface area contributed by atoms with Crippen molar-refractivity contribution in [1.29, 1.82) is 0 Å². The quantitative estimate of drug-likeness (QED) is 0.924. The van der Waals surface area contributed by atoms with Gasteiger partial charge >= 0.3 is 0 Å². The van der Waals surface area contributed by atoms with E-state index < -0.39 is 0 Å². The molecule has 3 rings (SSSR count). The second-order valence-electron chi connectivity index (χ2n) is 5.45. The Morgan fingerprint density at radius 1 is 1.35 bits per heavy atom. The van der Waals surface area contributed by atoms with Crippen molar-refractivity contribution in [3.63, 3.8) is 0 Å². The first-order valence-electron chi connectivity index (χ1n) is 7.42. The minimum Gasteiger partial charge on any atom is -0.374 e. The van der Waals surface area contributed by atoms with Crippen LogP contribution in [-0.4, -0.2) is 41.8 Å². The molecule has 1 fully saturated rings. The van der Waals surface area contributed by atoms with E-state index in [1.807, 2.05) is 0 Å². The van der Waals surface area contributed by atoms with Crippen LogP contribution in [0.2, 0.25) is 0 Å². The van der Waals surface area contributed by atoms with E-state index in [1.165, 1.54) is 16.5 Å². The maximum Gasteiger partial charge on any atom is 0.0881 e. The fraction of sp³-hybridized carbons (Fsp3) is 0.500. The number of nitrogens with zero attached hydrogens (tertiary/aromatic N) is 2. The fourth-order valence-electron chi connectivity index (χ4n) is 2.91. The van der Waals surface area contributed by atoms with Crippen molar-refractivity contribution >= 4 is 10.9 Å². The van der Waals surface area contributed by atoms with Gasteiger partial charge in [-0.25, -0.2) is 0 Å². The summed E-state index contributed by atoms with van der Waals surface area (Å²) in [6, 6.07) is 8.60. The number of benzene rings is 1. The molecule has 1 atom stereocenters. The van der Waals surface area contributed by atoms with Crippen molar-refractivity contribution < 1.29 is 4.74 Å². The lowest BCUT2D eigenvalue weighted by atomic mass is 10.1. The van der Waals surface area contributed by atoms with Crippen LogP contribution in [0, 0.1) is 0 Å². The van der Waals surface area contributed by atoms with Crippen molar-refractivity contribution in [2.45, 2.75) is 26.1 Å². The smallest absolute Gasteiger partial charge is 0.0881 e. The summed E-state index contributed by atoms with van der Waals surface area (Å²) in [4.78, 5) is 2.45. The number of nitrogens with two attached hydrogens (primary N) is 1. The van der Waals surface area contributed by atoms with Crippen molar-refractivity contribution in [1.82, 2.24) is 9.47 Å². The van der Waals surface area contributed by atoms with E-state index in [9.17, 15) is 0 Å². The van der Waals surface area contributed by atoms with Gasteiger partial charge in [-0.05, 0) is 29.6 Å². The molecule has 4 heteroatoms. The van der Waals surface area contributed by atoms with E-state index in [2.05, 4.69) is 46.9 Å². The summed E-state index contributed by atoms with van der Waals surface area (Å²) in [5, 5.41) is 1.27. The molecular formula is C16H23N3O. The van der Waals surface area contributed by atoms with Gasteiger partial charge in [0.05, 0.1) is 19.3 Å². The van der Waals surface area contributed by atoms with Crippen LogP contribution in [0.3, 0.4) is 0 Å². The molecule has 1 aliphatic heterocycles. The topological polar surface area (TPSA) is 43.4 Å². The monoisotopic (exact) mass is 273 g/mol. The van der Waals surface area contributed by atoms with Gasteiger partial charge in [0.2, 0.25) is 0 Å². The maximum absolute atomic E-state index is 5.90. The highest BCUT2D eigenvalue weighted by atomic mass is 16.5. The van der Waals surface area contributed by atoms with Crippen LogP contribution in [0.25, 0.3) is 10.9 Å². The highest BCUT2D eigenvalue weighted by Crippen LogP contribution is 2.19. The largest absolute Gasteiger partial charge is 0.374 e. The predicted octanol–water partition coefficient (Wildman–Crippen LogP) is 1.82. The third-order valence-corrected chi connectivity index (χ3v) is 4.14. The molecule has 0 saturated carbocycles. The number of hydrogen-bond acceptors (Lipinski definition) is 3. The molecule has 2 heterocycles. The van der Waals surface area contributed by atoms with Gasteiger partial charge in [0.1, 0.15) is 0 Å². The summed E-state index contributed by atoms with van der Waals surface area (Å²) < 4.78 is 8.19. The van der Waals surface area contributed by atoms with Crippen LogP contribution >= 0.6 is 0 Å². The van der Waals surface area contributed by atoms with Crippen LogP contribution < -0.4 is 5.73 Å². The van der Waals surface area contributed by atoms with Gasteiger partial charge in [0, 0.05) is 31.3 Å². The first-order valence-corrected chi connectivity index (χ1v) is 7.42. The van der Waals surface area contributed by atoms with E-state index >= 15 is 0 Å². The summed E-state index contributed by atoms with van der Waals surface area (Å²) in [6.45, 7) is 7.72. The molecule has 0 amide bonds. The van der Waals surface area contributed by atoms with Gasteiger partial charge in [0.15, 0.2) is 0 Å². The zero-order valence-corrected chi connectivity index (χ0v) is 12.1. The molecule has 108 valence electrons. The number of fused-ring (bicyclic) bond motifs is 1. The lowest BCUT2D eigenvalue weighted by Gasteiger charge is -2.32. The number of morpholine rings is 1. The second kappa shape index (κ2) is 5.95. The SMILES string of the molecule is CCN1CCOC(Cn2ccc3ccc(CN)cc32)C1. The van der Waals surface area contributed by atoms with Gasteiger partial charge in [-0.3, -0.25) is 4.90 Å².